The number of carbonyl (C=O) groups is 1. The van der Waals surface area contributed by atoms with Crippen molar-refractivity contribution in [1.82, 2.24) is 0 Å². The molecule has 0 N–H and O–H groups in total. The Bertz CT molecular complexity index is 577. The molecule has 0 bridgehead atoms. The van der Waals surface area contributed by atoms with Crippen molar-refractivity contribution in [3.63, 3.8) is 0 Å². The highest BCUT2D eigenvalue weighted by Crippen LogP contribution is 2.33. The lowest BCUT2D eigenvalue weighted by Crippen LogP contribution is -1.95. The number of aryl methyl sites for hydroxylation is 2. The minimum atomic E-state index is 0.0233. The second-order valence-electron chi connectivity index (χ2n) is 4.25. The highest BCUT2D eigenvalue weighted by atomic mass is 16.5. The third kappa shape index (κ3) is 2.04. The summed E-state index contributed by atoms with van der Waals surface area (Å²) >= 11 is 0. The van der Waals surface area contributed by atoms with Gasteiger partial charge in [-0.2, -0.15) is 0 Å². The number of rotatable bonds is 3. The van der Waals surface area contributed by atoms with Crippen molar-refractivity contribution in [2.24, 2.45) is 0 Å². The molecule has 1 heterocycles. The van der Waals surface area contributed by atoms with Crippen LogP contribution in [0.2, 0.25) is 0 Å². The number of furan rings is 1. The number of Topliss-reactive ketones (excluding diaryl/α,β-unsaturated/α-hetero) is 1. The van der Waals surface area contributed by atoms with E-state index < -0.39 is 0 Å². The average Bonchev–Trinajstić information content (AvgIpc) is 2.64. The Hall–Kier alpha value is -2.03. The summed E-state index contributed by atoms with van der Waals surface area (Å²) in [7, 11) is 1.63. The molecule has 0 aliphatic rings. The van der Waals surface area contributed by atoms with E-state index in [1.165, 1.54) is 0 Å². The molecule has 94 valence electrons. The van der Waals surface area contributed by atoms with Crippen LogP contribution in [0.15, 0.2) is 28.7 Å². The van der Waals surface area contributed by atoms with Crippen molar-refractivity contribution in [3.05, 3.63) is 41.3 Å². The monoisotopic (exact) mass is 244 g/mol. The summed E-state index contributed by atoms with van der Waals surface area (Å²) in [5.41, 5.74) is 2.51. The van der Waals surface area contributed by atoms with Crippen LogP contribution in [0.25, 0.3) is 11.1 Å². The van der Waals surface area contributed by atoms with Gasteiger partial charge in [0.2, 0.25) is 0 Å². The molecule has 2 rings (SSSR count). The summed E-state index contributed by atoms with van der Waals surface area (Å²) in [6.07, 6.45) is 0. The number of hydrogen-bond acceptors (Lipinski definition) is 3. The quantitative estimate of drug-likeness (QED) is 0.771. The maximum Gasteiger partial charge on any atom is 0.163 e. The summed E-state index contributed by atoms with van der Waals surface area (Å²) in [5.74, 6) is 2.25. The number of hydrogen-bond donors (Lipinski definition) is 0. The smallest absolute Gasteiger partial charge is 0.163 e. The molecule has 0 atom stereocenters. The molecule has 3 nitrogen and oxygen atoms in total. The standard InChI is InChI=1S/C15H16O3/c1-9(16)14-10(2)18-11(3)15(14)12-5-7-13(17-4)8-6-12/h5-8H,1-4H3. The highest BCUT2D eigenvalue weighted by Gasteiger charge is 2.19. The van der Waals surface area contributed by atoms with Crippen LogP contribution in [-0.4, -0.2) is 12.9 Å². The summed E-state index contributed by atoms with van der Waals surface area (Å²) in [6, 6.07) is 7.62. The van der Waals surface area contributed by atoms with E-state index in [-0.39, 0.29) is 5.78 Å². The van der Waals surface area contributed by atoms with Crippen LogP contribution in [0, 0.1) is 13.8 Å². The van der Waals surface area contributed by atoms with E-state index in [1.54, 1.807) is 14.0 Å². The fourth-order valence-electron chi connectivity index (χ4n) is 2.21. The molecule has 0 radical (unpaired) electrons. The van der Waals surface area contributed by atoms with Gasteiger partial charge in [0, 0.05) is 5.56 Å². The van der Waals surface area contributed by atoms with Gasteiger partial charge in [-0.15, -0.1) is 0 Å². The molecule has 1 aromatic heterocycles. The van der Waals surface area contributed by atoms with Gasteiger partial charge in [-0.25, -0.2) is 0 Å². The first kappa shape index (κ1) is 12.4. The third-order valence-electron chi connectivity index (χ3n) is 2.99. The normalized spacial score (nSPS) is 10.4. The number of ether oxygens (including phenoxy) is 1. The topological polar surface area (TPSA) is 39.4 Å². The number of methoxy groups -OCH3 is 1. The summed E-state index contributed by atoms with van der Waals surface area (Å²) in [5, 5.41) is 0. The van der Waals surface area contributed by atoms with E-state index in [0.717, 1.165) is 22.6 Å². The second kappa shape index (κ2) is 4.69. The maximum atomic E-state index is 11.7. The first-order valence-corrected chi connectivity index (χ1v) is 5.80. The number of ketones is 1. The molecule has 0 saturated heterocycles. The summed E-state index contributed by atoms with van der Waals surface area (Å²) in [4.78, 5) is 11.7. The van der Waals surface area contributed by atoms with E-state index in [2.05, 4.69) is 0 Å². The fraction of sp³-hybridized carbons (Fsp3) is 0.267. The van der Waals surface area contributed by atoms with Gasteiger partial charge in [-0.05, 0) is 38.5 Å². The Morgan fingerprint density at radius 1 is 1.11 bits per heavy atom. The van der Waals surface area contributed by atoms with Gasteiger partial charge in [-0.1, -0.05) is 12.1 Å². The van der Waals surface area contributed by atoms with Crippen LogP contribution < -0.4 is 4.74 Å². The molecule has 0 unspecified atom stereocenters. The SMILES string of the molecule is COc1ccc(-c2c(C)oc(C)c2C(C)=O)cc1. The minimum Gasteiger partial charge on any atom is -0.497 e. The number of carbonyl (C=O) groups excluding carboxylic acids is 1. The van der Waals surface area contributed by atoms with E-state index in [9.17, 15) is 4.79 Å². The van der Waals surface area contributed by atoms with Crippen molar-refractivity contribution in [1.29, 1.82) is 0 Å². The molecule has 0 saturated carbocycles. The lowest BCUT2D eigenvalue weighted by atomic mass is 9.98. The van der Waals surface area contributed by atoms with Crippen LogP contribution in [-0.2, 0) is 0 Å². The van der Waals surface area contributed by atoms with E-state index in [1.807, 2.05) is 38.1 Å². The van der Waals surface area contributed by atoms with Gasteiger partial charge in [0.05, 0.1) is 12.7 Å². The zero-order valence-corrected chi connectivity index (χ0v) is 11.0. The predicted octanol–water partition coefficient (Wildman–Crippen LogP) is 3.77. The van der Waals surface area contributed by atoms with Crippen LogP contribution in [0.3, 0.4) is 0 Å². The molecule has 0 aliphatic heterocycles. The van der Waals surface area contributed by atoms with Gasteiger partial charge >= 0.3 is 0 Å². The Labute approximate surface area is 106 Å². The highest BCUT2D eigenvalue weighted by molar-refractivity contribution is 6.02. The first-order chi connectivity index (χ1) is 8.54. The fourth-order valence-corrected chi connectivity index (χ4v) is 2.21. The molecular weight excluding hydrogens is 228 g/mol. The molecule has 18 heavy (non-hydrogen) atoms. The molecule has 0 amide bonds. The van der Waals surface area contributed by atoms with Gasteiger partial charge in [0.1, 0.15) is 17.3 Å². The predicted molar refractivity (Wildman–Crippen MR) is 70.2 cm³/mol. The maximum absolute atomic E-state index is 11.7. The molecule has 1 aromatic carbocycles. The summed E-state index contributed by atoms with van der Waals surface area (Å²) in [6.45, 7) is 5.25. The molecule has 2 aromatic rings. The Balaban J connectivity index is 2.59. The van der Waals surface area contributed by atoms with Gasteiger partial charge in [0.15, 0.2) is 5.78 Å². The van der Waals surface area contributed by atoms with Gasteiger partial charge in [-0.3, -0.25) is 4.79 Å². The van der Waals surface area contributed by atoms with Gasteiger partial charge in [0.25, 0.3) is 0 Å². The zero-order valence-electron chi connectivity index (χ0n) is 11.0. The largest absolute Gasteiger partial charge is 0.497 e. The molecule has 0 spiro atoms. The second-order valence-corrected chi connectivity index (χ2v) is 4.25. The lowest BCUT2D eigenvalue weighted by Gasteiger charge is -2.04. The van der Waals surface area contributed by atoms with Crippen LogP contribution in [0.4, 0.5) is 0 Å². The van der Waals surface area contributed by atoms with Crippen molar-refractivity contribution >= 4 is 5.78 Å². The van der Waals surface area contributed by atoms with Crippen molar-refractivity contribution < 1.29 is 13.9 Å². The van der Waals surface area contributed by atoms with Crippen LogP contribution >= 0.6 is 0 Å². The average molecular weight is 244 g/mol. The van der Waals surface area contributed by atoms with E-state index >= 15 is 0 Å². The zero-order chi connectivity index (χ0) is 13.3. The van der Waals surface area contributed by atoms with E-state index in [0.29, 0.717) is 11.3 Å². The molecule has 3 heteroatoms. The van der Waals surface area contributed by atoms with Crippen LogP contribution in [0.1, 0.15) is 28.8 Å². The third-order valence-corrected chi connectivity index (χ3v) is 2.99. The first-order valence-electron chi connectivity index (χ1n) is 5.80. The Morgan fingerprint density at radius 2 is 1.72 bits per heavy atom. The van der Waals surface area contributed by atoms with Crippen molar-refractivity contribution in [2.45, 2.75) is 20.8 Å². The number of benzene rings is 1. The van der Waals surface area contributed by atoms with Crippen molar-refractivity contribution in [3.8, 4) is 16.9 Å². The Morgan fingerprint density at radius 3 is 2.22 bits per heavy atom. The lowest BCUT2D eigenvalue weighted by molar-refractivity contribution is 0.101. The Kier molecular flexibility index (Phi) is 3.24. The molecular formula is C15H16O3. The molecule has 0 fully saturated rings. The van der Waals surface area contributed by atoms with Crippen molar-refractivity contribution in [2.75, 3.05) is 7.11 Å². The van der Waals surface area contributed by atoms with Gasteiger partial charge < -0.3 is 9.15 Å². The van der Waals surface area contributed by atoms with Crippen LogP contribution in [0.5, 0.6) is 5.75 Å². The van der Waals surface area contributed by atoms with E-state index in [4.69, 9.17) is 9.15 Å². The summed E-state index contributed by atoms with van der Waals surface area (Å²) < 4.78 is 10.7. The molecule has 0 aliphatic carbocycles. The minimum absolute atomic E-state index is 0.0233.